The number of hydrogen-bond donors (Lipinski definition) is 0. The van der Waals surface area contributed by atoms with Gasteiger partial charge in [-0.3, -0.25) is 4.79 Å². The second-order valence-electron chi connectivity index (χ2n) is 8.01. The monoisotopic (exact) mass is 363 g/mol. The van der Waals surface area contributed by atoms with Crippen LogP contribution in [-0.2, 0) is 23.8 Å². The van der Waals surface area contributed by atoms with Gasteiger partial charge in [0, 0.05) is 17.1 Å². The zero-order chi connectivity index (χ0) is 19.2. The normalized spacial score (nSPS) is 30.1. The quantitative estimate of drug-likeness (QED) is 0.426. The molecule has 7 heteroatoms. The van der Waals surface area contributed by atoms with Gasteiger partial charge in [-0.25, -0.2) is 14.5 Å². The highest BCUT2D eigenvalue weighted by Gasteiger charge is 2.51. The van der Waals surface area contributed by atoms with Crippen molar-refractivity contribution in [3.63, 3.8) is 0 Å². The van der Waals surface area contributed by atoms with Gasteiger partial charge in [-0.15, -0.1) is 0 Å². The molecule has 2 heterocycles. The van der Waals surface area contributed by atoms with Gasteiger partial charge in [0.25, 0.3) is 12.2 Å². The first-order valence-electron chi connectivity index (χ1n) is 8.90. The Balaban J connectivity index is 1.79. The van der Waals surface area contributed by atoms with Gasteiger partial charge in [-0.05, 0) is 47.5 Å². The van der Waals surface area contributed by atoms with Crippen molar-refractivity contribution in [2.75, 3.05) is 0 Å². The van der Waals surface area contributed by atoms with Crippen LogP contribution in [0.25, 0.3) is 0 Å². The molecule has 1 unspecified atom stereocenters. The molecule has 3 aliphatic rings. The summed E-state index contributed by atoms with van der Waals surface area (Å²) in [6.07, 6.45) is 2.40. The van der Waals surface area contributed by atoms with E-state index in [1.54, 1.807) is 34.6 Å². The fraction of sp³-hybridized carbons (Fsp3) is 0.632. The maximum atomic E-state index is 12.8. The number of rotatable bonds is 2. The standard InChI is InChI=1S/C19H25NO6/c1-10-11(2)17(25-16(10)22)24-9-13-12-7-6-8-14(12)20(15(13)21)18(23)26-19(3,4)5/h9,12,14,17H,6-8H2,1-5H3/b13-9+/t12-,14-,17?/m1/s1. The Morgan fingerprint density at radius 3 is 2.50 bits per heavy atom. The highest BCUT2D eigenvalue weighted by molar-refractivity contribution is 6.05. The third-order valence-electron chi connectivity index (χ3n) is 5.05. The van der Waals surface area contributed by atoms with Gasteiger partial charge in [0.15, 0.2) is 0 Å². The lowest BCUT2D eigenvalue weighted by atomic mass is 9.99. The molecule has 0 N–H and O–H groups in total. The second kappa shape index (κ2) is 6.45. The number of ether oxygens (including phenoxy) is 3. The van der Waals surface area contributed by atoms with E-state index < -0.39 is 29.9 Å². The van der Waals surface area contributed by atoms with Crippen LogP contribution >= 0.6 is 0 Å². The summed E-state index contributed by atoms with van der Waals surface area (Å²) in [5, 5.41) is 0. The molecule has 0 radical (unpaired) electrons. The molecule has 142 valence electrons. The van der Waals surface area contributed by atoms with Crippen LogP contribution < -0.4 is 0 Å². The van der Waals surface area contributed by atoms with Crippen LogP contribution in [-0.4, -0.2) is 40.8 Å². The molecule has 2 aliphatic heterocycles. The number of nitrogens with zero attached hydrogens (tertiary/aromatic N) is 1. The molecule has 0 aromatic heterocycles. The minimum absolute atomic E-state index is 0.0718. The van der Waals surface area contributed by atoms with Crippen molar-refractivity contribution in [3.05, 3.63) is 23.0 Å². The van der Waals surface area contributed by atoms with Crippen molar-refractivity contribution >= 4 is 18.0 Å². The first-order valence-corrected chi connectivity index (χ1v) is 8.90. The number of carbonyl (C=O) groups excluding carboxylic acids is 3. The molecule has 0 aromatic rings. The van der Waals surface area contributed by atoms with Gasteiger partial charge in [-0.2, -0.15) is 0 Å². The van der Waals surface area contributed by atoms with Crippen molar-refractivity contribution in [2.45, 2.75) is 71.8 Å². The maximum absolute atomic E-state index is 12.8. The van der Waals surface area contributed by atoms with Gasteiger partial charge < -0.3 is 14.2 Å². The van der Waals surface area contributed by atoms with E-state index in [-0.39, 0.29) is 12.0 Å². The number of esters is 1. The number of amides is 2. The van der Waals surface area contributed by atoms with E-state index in [4.69, 9.17) is 14.2 Å². The Labute approximate surface area is 152 Å². The molecule has 2 amide bonds. The van der Waals surface area contributed by atoms with Crippen LogP contribution in [0.4, 0.5) is 4.79 Å². The molecule has 0 aromatic carbocycles. The topological polar surface area (TPSA) is 82.1 Å². The summed E-state index contributed by atoms with van der Waals surface area (Å²) in [5.41, 5.74) is 0.961. The summed E-state index contributed by atoms with van der Waals surface area (Å²) in [5.74, 6) is -0.882. The molecule has 2 fully saturated rings. The van der Waals surface area contributed by atoms with E-state index in [0.717, 1.165) is 19.3 Å². The van der Waals surface area contributed by atoms with Crippen molar-refractivity contribution < 1.29 is 28.6 Å². The van der Waals surface area contributed by atoms with E-state index in [9.17, 15) is 14.4 Å². The van der Waals surface area contributed by atoms with E-state index in [1.807, 2.05) is 0 Å². The Morgan fingerprint density at radius 2 is 1.92 bits per heavy atom. The van der Waals surface area contributed by atoms with Crippen LogP contribution in [0, 0.1) is 5.92 Å². The van der Waals surface area contributed by atoms with Gasteiger partial charge in [0.1, 0.15) is 5.60 Å². The van der Waals surface area contributed by atoms with Crippen molar-refractivity contribution in [2.24, 2.45) is 5.92 Å². The lowest BCUT2D eigenvalue weighted by Crippen LogP contribution is -2.42. The molecule has 1 saturated heterocycles. The van der Waals surface area contributed by atoms with E-state index in [2.05, 4.69) is 0 Å². The third kappa shape index (κ3) is 3.22. The van der Waals surface area contributed by atoms with Crippen molar-refractivity contribution in [1.82, 2.24) is 4.90 Å². The average Bonchev–Trinajstić information content (AvgIpc) is 3.14. The predicted octanol–water partition coefficient (Wildman–Crippen LogP) is 3.05. The van der Waals surface area contributed by atoms with Crippen LogP contribution in [0.3, 0.4) is 0 Å². The molecule has 0 bridgehead atoms. The summed E-state index contributed by atoms with van der Waals surface area (Å²) < 4.78 is 16.1. The number of hydrogen-bond acceptors (Lipinski definition) is 6. The van der Waals surface area contributed by atoms with Crippen LogP contribution in [0.1, 0.15) is 53.9 Å². The van der Waals surface area contributed by atoms with Crippen LogP contribution in [0.2, 0.25) is 0 Å². The third-order valence-corrected chi connectivity index (χ3v) is 5.05. The molecular formula is C19H25NO6. The molecular weight excluding hydrogens is 338 g/mol. The largest absolute Gasteiger partial charge is 0.458 e. The van der Waals surface area contributed by atoms with Gasteiger partial charge >= 0.3 is 12.1 Å². The van der Waals surface area contributed by atoms with Gasteiger partial charge in [-0.1, -0.05) is 6.42 Å². The highest BCUT2D eigenvalue weighted by atomic mass is 16.7. The van der Waals surface area contributed by atoms with E-state index in [1.165, 1.54) is 11.2 Å². The van der Waals surface area contributed by atoms with Crippen molar-refractivity contribution in [1.29, 1.82) is 0 Å². The summed E-state index contributed by atoms with van der Waals surface area (Å²) >= 11 is 0. The highest BCUT2D eigenvalue weighted by Crippen LogP contribution is 2.43. The van der Waals surface area contributed by atoms with Gasteiger partial charge in [0.05, 0.1) is 17.9 Å². The first kappa shape index (κ1) is 18.5. The number of imide groups is 1. The molecule has 1 aliphatic carbocycles. The Bertz CT molecular complexity index is 714. The lowest BCUT2D eigenvalue weighted by Gasteiger charge is -2.26. The summed E-state index contributed by atoms with van der Waals surface area (Å²) in [4.78, 5) is 38.1. The summed E-state index contributed by atoms with van der Waals surface area (Å²) in [6.45, 7) is 8.73. The number of cyclic esters (lactones) is 1. The van der Waals surface area contributed by atoms with E-state index >= 15 is 0 Å². The minimum Gasteiger partial charge on any atom is -0.458 e. The fourth-order valence-electron chi connectivity index (χ4n) is 3.60. The average molecular weight is 363 g/mol. The first-order chi connectivity index (χ1) is 12.1. The zero-order valence-electron chi connectivity index (χ0n) is 15.8. The fourth-order valence-corrected chi connectivity index (χ4v) is 3.60. The molecule has 3 rings (SSSR count). The number of likely N-dealkylation sites (tertiary alicyclic amines) is 1. The number of carbonyl (C=O) groups is 3. The predicted molar refractivity (Wildman–Crippen MR) is 91.6 cm³/mol. The smallest absolute Gasteiger partial charge is 0.417 e. The number of fused-ring (bicyclic) bond motifs is 1. The van der Waals surface area contributed by atoms with Crippen LogP contribution in [0.15, 0.2) is 23.0 Å². The SMILES string of the molecule is CC1=C(C)C(O/C=C2/C(=O)N(C(=O)OC(C)(C)C)[C@@H]3CCC[C@H]23)OC1=O. The van der Waals surface area contributed by atoms with E-state index in [0.29, 0.717) is 16.7 Å². The van der Waals surface area contributed by atoms with Crippen molar-refractivity contribution in [3.8, 4) is 0 Å². The van der Waals surface area contributed by atoms with Crippen LogP contribution in [0.5, 0.6) is 0 Å². The zero-order valence-corrected chi connectivity index (χ0v) is 15.8. The Hall–Kier alpha value is -2.31. The van der Waals surface area contributed by atoms with Gasteiger partial charge in [0.2, 0.25) is 0 Å². The Kier molecular flexibility index (Phi) is 4.58. The summed E-state index contributed by atoms with van der Waals surface area (Å²) in [6, 6.07) is -0.197. The minimum atomic E-state index is -0.821. The molecule has 26 heavy (non-hydrogen) atoms. The summed E-state index contributed by atoms with van der Waals surface area (Å²) in [7, 11) is 0. The second-order valence-corrected chi connectivity index (χ2v) is 8.01. The molecule has 0 spiro atoms. The molecule has 7 nitrogen and oxygen atoms in total. The Morgan fingerprint density at radius 1 is 1.23 bits per heavy atom. The lowest BCUT2D eigenvalue weighted by molar-refractivity contribution is -0.153. The molecule has 3 atom stereocenters. The molecule has 1 saturated carbocycles. The maximum Gasteiger partial charge on any atom is 0.417 e.